The Balaban J connectivity index is 1.79. The number of rotatable bonds is 2. The molecule has 21 heavy (non-hydrogen) atoms. The average molecular weight is 325 g/mol. The average Bonchev–Trinajstić information content (AvgIpc) is 2.49. The van der Waals surface area contributed by atoms with E-state index in [2.05, 4.69) is 10.2 Å². The van der Waals surface area contributed by atoms with Gasteiger partial charge in [0.2, 0.25) is 0 Å². The van der Waals surface area contributed by atoms with Crippen molar-refractivity contribution in [2.75, 3.05) is 13.1 Å². The normalized spacial score (nSPS) is 27.8. The van der Waals surface area contributed by atoms with Gasteiger partial charge in [-0.15, -0.1) is 0 Å². The summed E-state index contributed by atoms with van der Waals surface area (Å²) in [5.74, 6) is 0. The number of dihydropyridines is 1. The number of allylic oxidation sites excluding steroid dienone is 2. The molecule has 5 heteroatoms. The maximum atomic E-state index is 9.61. The summed E-state index contributed by atoms with van der Waals surface area (Å²) in [5.41, 5.74) is 1.99. The maximum absolute atomic E-state index is 9.61. The van der Waals surface area contributed by atoms with Crippen molar-refractivity contribution in [1.29, 1.82) is 0 Å². The van der Waals surface area contributed by atoms with Crippen LogP contribution >= 0.6 is 23.2 Å². The Kier molecular flexibility index (Phi) is 4.27. The molecule has 0 spiro atoms. The Morgan fingerprint density at radius 2 is 1.86 bits per heavy atom. The van der Waals surface area contributed by atoms with Gasteiger partial charge >= 0.3 is 0 Å². The van der Waals surface area contributed by atoms with Gasteiger partial charge in [0.25, 0.3) is 0 Å². The molecule has 0 amide bonds. The lowest BCUT2D eigenvalue weighted by Crippen LogP contribution is -2.55. The quantitative estimate of drug-likeness (QED) is 0.648. The van der Waals surface area contributed by atoms with Gasteiger partial charge in [-0.05, 0) is 24.5 Å². The molecule has 2 heterocycles. The monoisotopic (exact) mass is 324 g/mol. The van der Waals surface area contributed by atoms with Crippen molar-refractivity contribution in [3.8, 4) is 0 Å². The van der Waals surface area contributed by atoms with Crippen LogP contribution in [0.4, 0.5) is 0 Å². The standard InChI is InChI=1S/C16H18Cl2N2O/c17-15-10-16(18,20-8-6-13(21)7-9-20)19-11-14(15)12-4-2-1-3-5-12/h1-5,10-11,13,19,21H,6-9H2. The zero-order chi connectivity index (χ0) is 14.9. The molecule has 1 aromatic rings. The first kappa shape index (κ1) is 14.9. The van der Waals surface area contributed by atoms with Crippen molar-refractivity contribution in [2.24, 2.45) is 0 Å². The van der Waals surface area contributed by atoms with Gasteiger partial charge in [0.15, 0.2) is 5.12 Å². The molecule has 1 aromatic carbocycles. The number of halogens is 2. The molecule has 0 radical (unpaired) electrons. The molecule has 1 atom stereocenters. The smallest absolute Gasteiger partial charge is 0.189 e. The maximum Gasteiger partial charge on any atom is 0.189 e. The number of hydrogen-bond donors (Lipinski definition) is 2. The van der Waals surface area contributed by atoms with Gasteiger partial charge < -0.3 is 10.4 Å². The molecule has 1 unspecified atom stereocenters. The van der Waals surface area contributed by atoms with Crippen LogP contribution < -0.4 is 5.32 Å². The molecular weight excluding hydrogens is 307 g/mol. The van der Waals surface area contributed by atoms with E-state index in [9.17, 15) is 5.11 Å². The second kappa shape index (κ2) is 6.01. The molecule has 0 bridgehead atoms. The Labute approximate surface area is 134 Å². The summed E-state index contributed by atoms with van der Waals surface area (Å²) >= 11 is 13.1. The lowest BCUT2D eigenvalue weighted by molar-refractivity contribution is 0.0550. The number of nitrogens with zero attached hydrogens (tertiary/aromatic N) is 1. The van der Waals surface area contributed by atoms with Gasteiger partial charge in [-0.25, -0.2) is 0 Å². The predicted octanol–water partition coefficient (Wildman–Crippen LogP) is 3.10. The minimum atomic E-state index is -0.810. The van der Waals surface area contributed by atoms with E-state index in [1.165, 1.54) is 0 Å². The van der Waals surface area contributed by atoms with Crippen LogP contribution in [0.3, 0.4) is 0 Å². The van der Waals surface area contributed by atoms with Crippen LogP contribution in [0.15, 0.2) is 47.6 Å². The number of nitrogens with one attached hydrogen (secondary N) is 1. The first-order valence-corrected chi connectivity index (χ1v) is 7.88. The minimum absolute atomic E-state index is 0.222. The van der Waals surface area contributed by atoms with Crippen molar-refractivity contribution in [2.45, 2.75) is 24.1 Å². The fraction of sp³-hybridized carbons (Fsp3) is 0.375. The second-order valence-corrected chi connectivity index (χ2v) is 6.44. The number of aliphatic hydroxyl groups excluding tert-OH is 1. The molecule has 1 fully saturated rings. The molecule has 2 N–H and O–H groups in total. The summed E-state index contributed by atoms with van der Waals surface area (Å²) in [6.07, 6.45) is 4.96. The van der Waals surface area contributed by atoms with Gasteiger partial charge in [-0.2, -0.15) is 0 Å². The molecule has 3 nitrogen and oxygen atoms in total. The van der Waals surface area contributed by atoms with Crippen molar-refractivity contribution in [1.82, 2.24) is 10.2 Å². The van der Waals surface area contributed by atoms with Crippen LogP contribution in [-0.4, -0.2) is 34.3 Å². The predicted molar refractivity (Wildman–Crippen MR) is 86.9 cm³/mol. The topological polar surface area (TPSA) is 35.5 Å². The molecule has 1 saturated heterocycles. The van der Waals surface area contributed by atoms with Crippen molar-refractivity contribution >= 4 is 28.8 Å². The highest BCUT2D eigenvalue weighted by Gasteiger charge is 2.36. The van der Waals surface area contributed by atoms with Crippen LogP contribution in [0.25, 0.3) is 5.57 Å². The Bertz CT molecular complexity index is 565. The molecule has 0 saturated carbocycles. The van der Waals surface area contributed by atoms with Crippen LogP contribution in [0, 0.1) is 0 Å². The van der Waals surface area contributed by atoms with Crippen LogP contribution in [-0.2, 0) is 0 Å². The highest BCUT2D eigenvalue weighted by atomic mass is 35.5. The van der Waals surface area contributed by atoms with Crippen LogP contribution in [0.2, 0.25) is 0 Å². The molecular formula is C16H18Cl2N2O. The SMILES string of the molecule is OC1CCN(C2(Cl)C=C(Cl)C(c3ccccc3)=CN2)CC1. The lowest BCUT2D eigenvalue weighted by atomic mass is 10.0. The summed E-state index contributed by atoms with van der Waals surface area (Å²) in [7, 11) is 0. The fourth-order valence-corrected chi connectivity index (χ4v) is 3.45. The minimum Gasteiger partial charge on any atom is -0.393 e. The molecule has 0 aliphatic carbocycles. The highest BCUT2D eigenvalue weighted by molar-refractivity contribution is 6.38. The Morgan fingerprint density at radius 3 is 2.48 bits per heavy atom. The summed E-state index contributed by atoms with van der Waals surface area (Å²) < 4.78 is 0. The van der Waals surface area contributed by atoms with Crippen LogP contribution in [0.5, 0.6) is 0 Å². The van der Waals surface area contributed by atoms with Gasteiger partial charge in [-0.1, -0.05) is 53.5 Å². The molecule has 2 aliphatic heterocycles. The van der Waals surface area contributed by atoms with E-state index in [1.54, 1.807) is 0 Å². The molecule has 3 rings (SSSR count). The Hall–Kier alpha value is -1.00. The van der Waals surface area contributed by atoms with E-state index in [0.29, 0.717) is 5.03 Å². The molecule has 112 valence electrons. The van der Waals surface area contributed by atoms with Crippen molar-refractivity contribution in [3.05, 3.63) is 53.2 Å². The fourth-order valence-electron chi connectivity index (χ4n) is 2.74. The van der Waals surface area contributed by atoms with E-state index in [4.69, 9.17) is 23.2 Å². The number of aliphatic hydroxyl groups is 1. The summed E-state index contributed by atoms with van der Waals surface area (Å²) in [4.78, 5) is 2.10. The summed E-state index contributed by atoms with van der Waals surface area (Å²) in [6.45, 7) is 1.49. The third-order valence-electron chi connectivity index (χ3n) is 4.00. The van der Waals surface area contributed by atoms with Gasteiger partial charge in [0.05, 0.1) is 11.1 Å². The van der Waals surface area contributed by atoms with Crippen LogP contribution in [0.1, 0.15) is 18.4 Å². The number of likely N-dealkylation sites (tertiary alicyclic amines) is 1. The van der Waals surface area contributed by atoms with Gasteiger partial charge in [-0.3, -0.25) is 4.90 Å². The summed E-state index contributed by atoms with van der Waals surface area (Å²) in [6, 6.07) is 9.97. The molecule has 0 aromatic heterocycles. The number of piperidine rings is 1. The van der Waals surface area contributed by atoms with Gasteiger partial charge in [0, 0.05) is 24.9 Å². The zero-order valence-electron chi connectivity index (χ0n) is 11.6. The second-order valence-electron chi connectivity index (χ2n) is 5.45. The number of hydrogen-bond acceptors (Lipinski definition) is 3. The van der Waals surface area contributed by atoms with Gasteiger partial charge in [0.1, 0.15) is 0 Å². The third-order valence-corrected chi connectivity index (χ3v) is 4.77. The number of benzene rings is 1. The van der Waals surface area contributed by atoms with Crippen molar-refractivity contribution in [3.63, 3.8) is 0 Å². The Morgan fingerprint density at radius 1 is 1.19 bits per heavy atom. The first-order chi connectivity index (χ1) is 10.1. The van der Waals surface area contributed by atoms with Crippen molar-refractivity contribution < 1.29 is 5.11 Å². The number of alkyl halides is 1. The summed E-state index contributed by atoms with van der Waals surface area (Å²) in [5, 5.41) is 12.7. The lowest BCUT2D eigenvalue weighted by Gasteiger charge is -2.42. The van der Waals surface area contributed by atoms with E-state index in [0.717, 1.165) is 37.1 Å². The third kappa shape index (κ3) is 3.11. The highest BCUT2D eigenvalue weighted by Crippen LogP contribution is 2.35. The first-order valence-electron chi connectivity index (χ1n) is 7.12. The largest absolute Gasteiger partial charge is 0.393 e. The molecule has 2 aliphatic rings. The zero-order valence-corrected chi connectivity index (χ0v) is 13.1. The van der Waals surface area contributed by atoms with E-state index in [1.807, 2.05) is 42.6 Å². The van der Waals surface area contributed by atoms with E-state index in [-0.39, 0.29) is 6.10 Å². The van der Waals surface area contributed by atoms with E-state index < -0.39 is 5.12 Å². The van der Waals surface area contributed by atoms with E-state index >= 15 is 0 Å².